The zero-order valence-corrected chi connectivity index (χ0v) is 18.7. The van der Waals surface area contributed by atoms with Crippen LogP contribution in [-0.2, 0) is 0 Å². The lowest BCUT2D eigenvalue weighted by Gasteiger charge is -2.33. The van der Waals surface area contributed by atoms with Gasteiger partial charge in [-0.05, 0) is 56.5 Å². The molecule has 1 aromatic carbocycles. The number of hydrogen-bond acceptors (Lipinski definition) is 7. The van der Waals surface area contributed by atoms with Crippen LogP contribution in [0.2, 0.25) is 0 Å². The Kier molecular flexibility index (Phi) is 4.72. The van der Waals surface area contributed by atoms with E-state index in [1.54, 1.807) is 13.0 Å². The van der Waals surface area contributed by atoms with Crippen LogP contribution in [0, 0.1) is 13.8 Å². The van der Waals surface area contributed by atoms with E-state index in [0.717, 1.165) is 36.4 Å². The molecule has 4 heterocycles. The van der Waals surface area contributed by atoms with Crippen LogP contribution in [0.4, 0.5) is 10.2 Å². The van der Waals surface area contributed by atoms with Crippen LogP contribution in [0.25, 0.3) is 33.4 Å². The predicted molar refractivity (Wildman–Crippen MR) is 125 cm³/mol. The van der Waals surface area contributed by atoms with Crippen LogP contribution in [0.1, 0.15) is 30.7 Å². The van der Waals surface area contributed by atoms with Crippen molar-refractivity contribution in [2.24, 2.45) is 0 Å². The molecule has 2 N–H and O–H groups in total. The fraction of sp³-hybridized carbons (Fsp3) is 0.400. The summed E-state index contributed by atoms with van der Waals surface area (Å²) in [6.45, 7) is 5.43. The van der Waals surface area contributed by atoms with Crippen LogP contribution in [0.5, 0.6) is 5.75 Å². The molecule has 0 unspecified atom stereocenters. The summed E-state index contributed by atoms with van der Waals surface area (Å²) < 4.78 is 18.8. The Labute approximate surface area is 190 Å². The van der Waals surface area contributed by atoms with Crippen LogP contribution in [0.15, 0.2) is 34.7 Å². The van der Waals surface area contributed by atoms with E-state index >= 15 is 0 Å². The topological polar surface area (TPSA) is 87.3 Å². The number of aryl methyl sites for hydroxylation is 2. The number of anilines is 1. The Morgan fingerprint density at radius 1 is 1.06 bits per heavy atom. The number of pyridine rings is 2. The maximum atomic E-state index is 13.1. The quantitative estimate of drug-likeness (QED) is 0.479. The number of halogens is 1. The number of hydrogen-bond donors (Lipinski definition) is 2. The lowest BCUT2D eigenvalue weighted by atomic mass is 9.90. The molecule has 1 saturated carbocycles. The Morgan fingerprint density at radius 2 is 1.85 bits per heavy atom. The minimum Gasteiger partial charge on any atom is -0.507 e. The normalized spacial score (nSPS) is 22.9. The first-order valence-electron chi connectivity index (χ1n) is 11.5. The zero-order chi connectivity index (χ0) is 22.7. The molecule has 6 rings (SSSR count). The number of aromatic hydroxyl groups is 1. The molecule has 1 aliphatic carbocycles. The van der Waals surface area contributed by atoms with Crippen LogP contribution in [-0.4, -0.2) is 51.4 Å². The van der Waals surface area contributed by atoms with E-state index in [-0.39, 0.29) is 5.75 Å². The number of benzene rings is 1. The Bertz CT molecular complexity index is 1360. The molecule has 0 spiro atoms. The number of nitrogens with zero attached hydrogens (tertiary/aromatic N) is 4. The summed E-state index contributed by atoms with van der Waals surface area (Å²) in [6, 6.07) is 10.3. The van der Waals surface area contributed by atoms with Crippen molar-refractivity contribution in [3.8, 4) is 17.0 Å². The van der Waals surface area contributed by atoms with E-state index in [1.807, 2.05) is 31.2 Å². The maximum Gasteiger partial charge on any atom is 0.192 e. The molecule has 170 valence electrons. The highest BCUT2D eigenvalue weighted by Crippen LogP contribution is 2.37. The highest BCUT2D eigenvalue weighted by Gasteiger charge is 2.33. The molecule has 1 atom stereocenters. The van der Waals surface area contributed by atoms with E-state index in [0.29, 0.717) is 58.7 Å². The van der Waals surface area contributed by atoms with Gasteiger partial charge in [0.1, 0.15) is 23.3 Å². The van der Waals surface area contributed by atoms with Gasteiger partial charge in [0, 0.05) is 43.2 Å². The molecule has 3 aromatic heterocycles. The second-order valence-corrected chi connectivity index (χ2v) is 9.25. The average Bonchev–Trinajstić information content (AvgIpc) is 3.41. The first-order chi connectivity index (χ1) is 15.9. The summed E-state index contributed by atoms with van der Waals surface area (Å²) in [4.78, 5) is 16.2. The molecule has 2 aliphatic rings. The lowest BCUT2D eigenvalue weighted by Crippen LogP contribution is -2.48. The molecule has 7 nitrogen and oxygen atoms in total. The Morgan fingerprint density at radius 3 is 2.67 bits per heavy atom. The van der Waals surface area contributed by atoms with E-state index < -0.39 is 6.17 Å². The number of phenols is 1. The van der Waals surface area contributed by atoms with Gasteiger partial charge in [-0.2, -0.15) is 0 Å². The molecule has 1 saturated heterocycles. The monoisotopic (exact) mass is 447 g/mol. The molecule has 0 amide bonds. The molecular weight excluding hydrogens is 421 g/mol. The van der Waals surface area contributed by atoms with Gasteiger partial charge in [-0.15, -0.1) is 0 Å². The second-order valence-electron chi connectivity index (χ2n) is 9.25. The molecule has 33 heavy (non-hydrogen) atoms. The van der Waals surface area contributed by atoms with Crippen molar-refractivity contribution in [3.63, 3.8) is 0 Å². The van der Waals surface area contributed by atoms with Gasteiger partial charge in [0.2, 0.25) is 0 Å². The molecule has 1 aliphatic heterocycles. The van der Waals surface area contributed by atoms with Gasteiger partial charge in [0.15, 0.2) is 11.5 Å². The summed E-state index contributed by atoms with van der Waals surface area (Å²) in [7, 11) is 0. The van der Waals surface area contributed by atoms with Crippen LogP contribution >= 0.6 is 0 Å². The van der Waals surface area contributed by atoms with Crippen molar-refractivity contribution in [2.45, 2.75) is 51.4 Å². The van der Waals surface area contributed by atoms with Crippen LogP contribution in [0.3, 0.4) is 0 Å². The lowest BCUT2D eigenvalue weighted by molar-refractivity contribution is 0.148. The Balaban J connectivity index is 1.26. The standard InChI is InChI=1S/C25H26FN5O2/c1-13-24-22(33-14(2)27-24)11-18(25(13)32)19-3-4-21-20(29-19)5-6-23(30-21)31-8-7-16(12-31)28-17-9-15(26)10-17/h3-6,11,15-17,28,32H,7-10,12H2,1-2H3/t15-,16-,17-/m0/s1. The summed E-state index contributed by atoms with van der Waals surface area (Å²) in [5.41, 5.74) is 4.82. The van der Waals surface area contributed by atoms with Crippen molar-refractivity contribution in [1.82, 2.24) is 20.3 Å². The third-order valence-electron chi connectivity index (χ3n) is 6.87. The fourth-order valence-corrected chi connectivity index (χ4v) is 4.97. The molecule has 4 aromatic rings. The van der Waals surface area contributed by atoms with Crippen molar-refractivity contribution < 1.29 is 13.9 Å². The number of fused-ring (bicyclic) bond motifs is 2. The van der Waals surface area contributed by atoms with Gasteiger partial charge in [0.25, 0.3) is 0 Å². The first-order valence-corrected chi connectivity index (χ1v) is 11.5. The maximum absolute atomic E-state index is 13.1. The SMILES string of the molecule is Cc1nc2c(C)c(O)c(-c3ccc4nc(N5CC[C@H](N[C@H]6C[C@H](F)C6)C5)ccc4n3)cc2o1. The summed E-state index contributed by atoms with van der Waals surface area (Å²) in [5.74, 6) is 1.65. The fourth-order valence-electron chi connectivity index (χ4n) is 4.97. The number of nitrogens with one attached hydrogen (secondary N) is 1. The number of phenolic OH excluding ortho intramolecular Hbond substituents is 1. The van der Waals surface area contributed by atoms with E-state index in [9.17, 15) is 9.50 Å². The van der Waals surface area contributed by atoms with Crippen molar-refractivity contribution in [1.29, 1.82) is 0 Å². The number of aromatic nitrogens is 3. The largest absolute Gasteiger partial charge is 0.507 e. The first kappa shape index (κ1) is 20.4. The van der Waals surface area contributed by atoms with Crippen LogP contribution < -0.4 is 10.2 Å². The van der Waals surface area contributed by atoms with E-state index in [4.69, 9.17) is 14.4 Å². The highest BCUT2D eigenvalue weighted by atomic mass is 19.1. The highest BCUT2D eigenvalue weighted by molar-refractivity contribution is 5.89. The molecule has 2 fully saturated rings. The molecule has 0 bridgehead atoms. The minimum atomic E-state index is -0.632. The summed E-state index contributed by atoms with van der Waals surface area (Å²) >= 11 is 0. The van der Waals surface area contributed by atoms with E-state index in [2.05, 4.69) is 15.2 Å². The van der Waals surface area contributed by atoms with Gasteiger partial charge >= 0.3 is 0 Å². The van der Waals surface area contributed by atoms with Gasteiger partial charge < -0.3 is 19.7 Å². The Hall–Kier alpha value is -3.26. The van der Waals surface area contributed by atoms with Crippen molar-refractivity contribution in [2.75, 3.05) is 18.0 Å². The number of oxazole rings is 1. The summed E-state index contributed by atoms with van der Waals surface area (Å²) in [6.07, 6.45) is 1.67. The van der Waals surface area contributed by atoms with Gasteiger partial charge in [0.05, 0.1) is 16.7 Å². The third kappa shape index (κ3) is 3.58. The minimum absolute atomic E-state index is 0.161. The third-order valence-corrected chi connectivity index (χ3v) is 6.87. The number of alkyl halides is 1. The van der Waals surface area contributed by atoms with Crippen molar-refractivity contribution >= 4 is 28.0 Å². The molecule has 8 heteroatoms. The smallest absolute Gasteiger partial charge is 0.192 e. The van der Waals surface area contributed by atoms with Gasteiger partial charge in [-0.25, -0.2) is 19.3 Å². The van der Waals surface area contributed by atoms with Gasteiger partial charge in [-0.3, -0.25) is 0 Å². The second kappa shape index (κ2) is 7.66. The molecule has 0 radical (unpaired) electrons. The summed E-state index contributed by atoms with van der Waals surface area (Å²) in [5, 5.41) is 14.3. The predicted octanol–water partition coefficient (Wildman–Crippen LogP) is 4.43. The van der Waals surface area contributed by atoms with E-state index in [1.165, 1.54) is 0 Å². The van der Waals surface area contributed by atoms with Gasteiger partial charge in [-0.1, -0.05) is 0 Å². The molecular formula is C25H26FN5O2. The zero-order valence-electron chi connectivity index (χ0n) is 18.7. The number of rotatable bonds is 4. The average molecular weight is 448 g/mol. The van der Waals surface area contributed by atoms with Crippen molar-refractivity contribution in [3.05, 3.63) is 41.8 Å².